The van der Waals surface area contributed by atoms with Gasteiger partial charge in [-0.05, 0) is 62.5 Å². The number of likely N-dealkylation sites (N-methyl/N-ethyl adjacent to an activating group) is 1. The van der Waals surface area contributed by atoms with E-state index in [9.17, 15) is 4.79 Å². The van der Waals surface area contributed by atoms with Crippen molar-refractivity contribution in [1.29, 1.82) is 0 Å². The summed E-state index contributed by atoms with van der Waals surface area (Å²) >= 11 is 0. The highest BCUT2D eigenvalue weighted by Crippen LogP contribution is 2.36. The lowest BCUT2D eigenvalue weighted by molar-refractivity contribution is -0.0160. The van der Waals surface area contributed by atoms with Gasteiger partial charge in [-0.2, -0.15) is 0 Å². The summed E-state index contributed by atoms with van der Waals surface area (Å²) in [5.74, 6) is 1.67. The largest absolute Gasteiger partial charge is 0.378 e. The van der Waals surface area contributed by atoms with E-state index in [1.807, 2.05) is 43.3 Å². The van der Waals surface area contributed by atoms with Crippen LogP contribution >= 0.6 is 0 Å². The van der Waals surface area contributed by atoms with Gasteiger partial charge in [0.25, 0.3) is 5.91 Å². The molecule has 1 aromatic carbocycles. The van der Waals surface area contributed by atoms with Gasteiger partial charge in [0.05, 0.1) is 0 Å². The zero-order valence-corrected chi connectivity index (χ0v) is 18.3. The first-order valence-electron chi connectivity index (χ1n) is 11.2. The fraction of sp³-hybridized carbons (Fsp3) is 0.696. The minimum Gasteiger partial charge on any atom is -0.378 e. The SMILES string of the molecule is CN1CCN(CC2CN3CCC2CC3CNC(=O)c2ccc(N(C)C)cc2)CC1. The van der Waals surface area contributed by atoms with Gasteiger partial charge in [0.15, 0.2) is 0 Å². The molecule has 4 heterocycles. The van der Waals surface area contributed by atoms with E-state index in [-0.39, 0.29) is 5.91 Å². The predicted octanol–water partition coefficient (Wildman–Crippen LogP) is 1.44. The molecule has 0 spiro atoms. The van der Waals surface area contributed by atoms with Crippen LogP contribution in [0.2, 0.25) is 0 Å². The third-order valence-electron chi connectivity index (χ3n) is 7.25. The molecule has 6 nitrogen and oxygen atoms in total. The number of piperazine rings is 1. The minimum absolute atomic E-state index is 0.0481. The molecular formula is C23H37N5O. The van der Waals surface area contributed by atoms with Gasteiger partial charge >= 0.3 is 0 Å². The maximum absolute atomic E-state index is 12.6. The van der Waals surface area contributed by atoms with Crippen LogP contribution in [0.1, 0.15) is 23.2 Å². The maximum Gasteiger partial charge on any atom is 0.251 e. The number of benzene rings is 1. The number of hydrogen-bond acceptors (Lipinski definition) is 5. The monoisotopic (exact) mass is 399 g/mol. The van der Waals surface area contributed by atoms with Crippen LogP contribution in [0.5, 0.6) is 0 Å². The summed E-state index contributed by atoms with van der Waals surface area (Å²) in [6.07, 6.45) is 2.56. The summed E-state index contributed by atoms with van der Waals surface area (Å²) in [5.41, 5.74) is 1.86. The molecule has 0 aromatic heterocycles. The molecule has 0 radical (unpaired) electrons. The molecule has 1 amide bonds. The lowest BCUT2D eigenvalue weighted by Crippen LogP contribution is -2.59. The number of piperidine rings is 3. The van der Waals surface area contributed by atoms with Gasteiger partial charge in [0.2, 0.25) is 0 Å². The number of rotatable bonds is 6. The topological polar surface area (TPSA) is 42.1 Å². The Morgan fingerprint density at radius 1 is 1.10 bits per heavy atom. The van der Waals surface area contributed by atoms with E-state index in [1.165, 1.54) is 58.7 Å². The standard InChI is InChI=1S/C23H37N5O/c1-25(2)21-6-4-18(5-7-21)23(29)24-15-22-14-19-8-9-28(22)17-20(19)16-27-12-10-26(3)11-13-27/h4-7,19-20,22H,8-17H2,1-3H3,(H,24,29). The molecule has 5 rings (SSSR count). The Morgan fingerprint density at radius 3 is 2.45 bits per heavy atom. The highest BCUT2D eigenvalue weighted by Gasteiger charge is 2.40. The van der Waals surface area contributed by atoms with Crippen LogP contribution < -0.4 is 10.2 Å². The van der Waals surface area contributed by atoms with Crippen LogP contribution in [-0.4, -0.2) is 100 Å². The molecule has 29 heavy (non-hydrogen) atoms. The van der Waals surface area contributed by atoms with E-state index < -0.39 is 0 Å². The van der Waals surface area contributed by atoms with Crippen molar-refractivity contribution in [2.75, 3.05) is 78.4 Å². The second kappa shape index (κ2) is 9.02. The Balaban J connectivity index is 1.25. The van der Waals surface area contributed by atoms with E-state index in [4.69, 9.17) is 0 Å². The molecule has 2 bridgehead atoms. The molecule has 6 heteroatoms. The fourth-order valence-corrected chi connectivity index (χ4v) is 5.25. The van der Waals surface area contributed by atoms with Gasteiger partial charge in [-0.25, -0.2) is 0 Å². The summed E-state index contributed by atoms with van der Waals surface area (Å²) in [5, 5.41) is 3.19. The average molecular weight is 400 g/mol. The molecule has 160 valence electrons. The Morgan fingerprint density at radius 2 is 1.83 bits per heavy atom. The second-order valence-corrected chi connectivity index (χ2v) is 9.45. The first kappa shape index (κ1) is 20.6. The van der Waals surface area contributed by atoms with Crippen molar-refractivity contribution in [2.24, 2.45) is 11.8 Å². The number of hydrogen-bond donors (Lipinski definition) is 1. The van der Waals surface area contributed by atoms with Crippen molar-refractivity contribution < 1.29 is 4.79 Å². The first-order chi connectivity index (χ1) is 14.0. The molecule has 1 aromatic rings. The predicted molar refractivity (Wildman–Crippen MR) is 119 cm³/mol. The molecule has 1 N–H and O–H groups in total. The van der Waals surface area contributed by atoms with Crippen LogP contribution in [-0.2, 0) is 0 Å². The summed E-state index contributed by atoms with van der Waals surface area (Å²) in [6, 6.07) is 8.35. The Hall–Kier alpha value is -1.63. The molecule has 4 fully saturated rings. The number of fused-ring (bicyclic) bond motifs is 3. The van der Waals surface area contributed by atoms with E-state index >= 15 is 0 Å². The summed E-state index contributed by atoms with van der Waals surface area (Å²) in [7, 11) is 6.25. The van der Waals surface area contributed by atoms with Gasteiger partial charge in [-0.1, -0.05) is 0 Å². The molecule has 0 saturated carbocycles. The van der Waals surface area contributed by atoms with Gasteiger partial charge in [-0.3, -0.25) is 9.69 Å². The van der Waals surface area contributed by atoms with Crippen molar-refractivity contribution in [2.45, 2.75) is 18.9 Å². The third kappa shape index (κ3) is 4.93. The van der Waals surface area contributed by atoms with Gasteiger partial charge in [0.1, 0.15) is 0 Å². The molecular weight excluding hydrogens is 362 g/mol. The number of nitrogens with one attached hydrogen (secondary N) is 1. The van der Waals surface area contributed by atoms with E-state index in [1.54, 1.807) is 0 Å². The molecule has 4 unspecified atom stereocenters. The lowest BCUT2D eigenvalue weighted by atomic mass is 9.75. The minimum atomic E-state index is 0.0481. The van der Waals surface area contributed by atoms with Crippen molar-refractivity contribution >= 4 is 11.6 Å². The quantitative estimate of drug-likeness (QED) is 0.784. The van der Waals surface area contributed by atoms with Crippen LogP contribution in [0.4, 0.5) is 5.69 Å². The number of carbonyl (C=O) groups excluding carboxylic acids is 1. The average Bonchev–Trinajstić information content (AvgIpc) is 2.74. The van der Waals surface area contributed by atoms with Crippen LogP contribution in [0, 0.1) is 11.8 Å². The van der Waals surface area contributed by atoms with Crippen molar-refractivity contribution in [3.63, 3.8) is 0 Å². The van der Waals surface area contributed by atoms with Crippen molar-refractivity contribution in [1.82, 2.24) is 20.0 Å². The lowest BCUT2D eigenvalue weighted by Gasteiger charge is -2.51. The van der Waals surface area contributed by atoms with Crippen molar-refractivity contribution in [3.05, 3.63) is 29.8 Å². The zero-order valence-electron chi connectivity index (χ0n) is 18.3. The fourth-order valence-electron chi connectivity index (χ4n) is 5.25. The van der Waals surface area contributed by atoms with E-state index in [2.05, 4.69) is 27.1 Å². The number of anilines is 1. The number of carbonyl (C=O) groups is 1. The molecule has 4 aliphatic rings. The maximum atomic E-state index is 12.6. The summed E-state index contributed by atoms with van der Waals surface area (Å²) < 4.78 is 0. The number of nitrogens with zero attached hydrogens (tertiary/aromatic N) is 4. The number of amides is 1. The van der Waals surface area contributed by atoms with Crippen LogP contribution in [0.3, 0.4) is 0 Å². The van der Waals surface area contributed by atoms with E-state index in [0.29, 0.717) is 6.04 Å². The highest BCUT2D eigenvalue weighted by atomic mass is 16.1. The summed E-state index contributed by atoms with van der Waals surface area (Å²) in [4.78, 5) is 22.4. The van der Waals surface area contributed by atoms with Gasteiger partial charge in [0, 0.05) is 77.2 Å². The Kier molecular flexibility index (Phi) is 6.42. The second-order valence-electron chi connectivity index (χ2n) is 9.45. The van der Waals surface area contributed by atoms with Gasteiger partial charge < -0.3 is 20.0 Å². The normalized spacial score (nSPS) is 30.3. The molecule has 4 saturated heterocycles. The van der Waals surface area contributed by atoms with Crippen LogP contribution in [0.25, 0.3) is 0 Å². The third-order valence-corrected chi connectivity index (χ3v) is 7.25. The highest BCUT2D eigenvalue weighted by molar-refractivity contribution is 5.94. The van der Waals surface area contributed by atoms with Gasteiger partial charge in [-0.15, -0.1) is 0 Å². The molecule has 4 aliphatic heterocycles. The van der Waals surface area contributed by atoms with Crippen LogP contribution in [0.15, 0.2) is 24.3 Å². The first-order valence-corrected chi connectivity index (χ1v) is 11.2. The molecule has 4 atom stereocenters. The Labute approximate surface area is 175 Å². The smallest absolute Gasteiger partial charge is 0.251 e. The summed E-state index contributed by atoms with van der Waals surface area (Å²) in [6.45, 7) is 9.25. The molecule has 0 aliphatic carbocycles. The zero-order chi connectivity index (χ0) is 20.4. The Bertz CT molecular complexity index is 683. The van der Waals surface area contributed by atoms with E-state index in [0.717, 1.165) is 29.6 Å². The van der Waals surface area contributed by atoms with Crippen molar-refractivity contribution in [3.8, 4) is 0 Å².